The van der Waals surface area contributed by atoms with E-state index in [0.29, 0.717) is 35.7 Å². The molecule has 1 saturated carbocycles. The van der Waals surface area contributed by atoms with E-state index < -0.39 is 0 Å². The van der Waals surface area contributed by atoms with E-state index in [1.54, 1.807) is 21.5 Å². The largest absolute Gasteiger partial charge is 0.484 e. The average molecular weight is 620 g/mol. The van der Waals surface area contributed by atoms with Gasteiger partial charge in [-0.05, 0) is 68.0 Å². The Morgan fingerprint density at radius 1 is 0.935 bits per heavy atom. The van der Waals surface area contributed by atoms with Crippen molar-refractivity contribution >= 4 is 17.7 Å². The summed E-state index contributed by atoms with van der Waals surface area (Å²) in [7, 11) is 0. The van der Waals surface area contributed by atoms with Crippen molar-refractivity contribution in [2.75, 3.05) is 5.32 Å². The second-order valence-electron chi connectivity index (χ2n) is 13.7. The zero-order valence-corrected chi connectivity index (χ0v) is 27.3. The third-order valence-electron chi connectivity index (χ3n) is 9.19. The highest BCUT2D eigenvalue weighted by Gasteiger charge is 2.30. The molecule has 2 aliphatic carbocycles. The van der Waals surface area contributed by atoms with Gasteiger partial charge < -0.3 is 10.1 Å². The molecule has 9 heteroatoms. The number of benzene rings is 2. The minimum atomic E-state index is -0.291. The highest BCUT2D eigenvalue weighted by atomic mass is 16.5. The standard InChI is InChI=1S/C37H45N7O2/c1-24-14-16-26(17-15-24)44-34(22-32(42-44)37(2,3)4)41-36(45)40-30-19-20-31(29-13-9-8-12-28(29)30)46-27-18-21-33(38)43(23-27)35(39)25-10-6-5-7-11-25/h8-9,12-18,21-23,25,30-31,38-39H,5-7,10-11,19-20H2,1-4H3,(H2,40,41,45)/t30-,31+/m0/s1. The van der Waals surface area contributed by atoms with Crippen LogP contribution in [-0.4, -0.2) is 26.2 Å². The van der Waals surface area contributed by atoms with Crippen molar-refractivity contribution in [3.63, 3.8) is 0 Å². The number of aromatic nitrogens is 3. The Balaban J connectivity index is 1.18. The lowest BCUT2D eigenvalue weighted by Crippen LogP contribution is -2.36. The van der Waals surface area contributed by atoms with Gasteiger partial charge >= 0.3 is 6.03 Å². The molecule has 0 bridgehead atoms. The summed E-state index contributed by atoms with van der Waals surface area (Å²) < 4.78 is 9.99. The molecule has 2 atom stereocenters. The normalized spacial score (nSPS) is 18.4. The topological polar surface area (TPSA) is 121 Å². The maximum absolute atomic E-state index is 13.5. The van der Waals surface area contributed by atoms with Crippen LogP contribution in [0.1, 0.15) is 100 Å². The molecule has 2 heterocycles. The number of hydrogen-bond donors (Lipinski definition) is 4. The van der Waals surface area contributed by atoms with E-state index >= 15 is 0 Å². The number of pyridine rings is 1. The van der Waals surface area contributed by atoms with Crippen LogP contribution in [0.5, 0.6) is 5.75 Å². The van der Waals surface area contributed by atoms with E-state index in [9.17, 15) is 4.79 Å². The summed E-state index contributed by atoms with van der Waals surface area (Å²) in [6, 6.07) is 21.2. The molecule has 6 rings (SSSR count). The van der Waals surface area contributed by atoms with E-state index in [2.05, 4.69) is 43.5 Å². The van der Waals surface area contributed by atoms with Gasteiger partial charge in [-0.2, -0.15) is 5.10 Å². The monoisotopic (exact) mass is 619 g/mol. The number of amides is 2. The van der Waals surface area contributed by atoms with E-state index in [-0.39, 0.29) is 29.5 Å². The third kappa shape index (κ3) is 6.78. The van der Waals surface area contributed by atoms with Crippen LogP contribution in [0.3, 0.4) is 0 Å². The highest BCUT2D eigenvalue weighted by molar-refractivity contribution is 5.89. The van der Waals surface area contributed by atoms with Gasteiger partial charge in [0.2, 0.25) is 0 Å². The first-order valence-corrected chi connectivity index (χ1v) is 16.4. The van der Waals surface area contributed by atoms with Gasteiger partial charge in [0, 0.05) is 17.4 Å². The number of rotatable bonds is 6. The average Bonchev–Trinajstić information content (AvgIpc) is 3.48. The molecular formula is C37H45N7O2. The summed E-state index contributed by atoms with van der Waals surface area (Å²) in [6.07, 6.45) is 8.50. The first-order chi connectivity index (χ1) is 22.1. The van der Waals surface area contributed by atoms with Crippen LogP contribution in [0.2, 0.25) is 0 Å². The number of hydrogen-bond acceptors (Lipinski definition) is 5. The van der Waals surface area contributed by atoms with Crippen molar-refractivity contribution in [1.82, 2.24) is 19.7 Å². The van der Waals surface area contributed by atoms with Gasteiger partial charge in [-0.25, -0.2) is 9.48 Å². The van der Waals surface area contributed by atoms with Crippen molar-refractivity contribution in [3.05, 3.63) is 101 Å². The number of ether oxygens (including phenoxy) is 1. The number of carbonyl (C=O) groups excluding carboxylic acids is 1. The molecular weight excluding hydrogens is 574 g/mol. The molecule has 0 unspecified atom stereocenters. The van der Waals surface area contributed by atoms with Gasteiger partial charge in [0.25, 0.3) is 0 Å². The van der Waals surface area contributed by atoms with Crippen LogP contribution >= 0.6 is 0 Å². The Morgan fingerprint density at radius 3 is 2.37 bits per heavy atom. The quantitative estimate of drug-likeness (QED) is 0.129. The first-order valence-electron chi connectivity index (χ1n) is 16.4. The zero-order chi connectivity index (χ0) is 32.4. The van der Waals surface area contributed by atoms with Crippen molar-refractivity contribution in [3.8, 4) is 11.4 Å². The molecule has 240 valence electrons. The van der Waals surface area contributed by atoms with Gasteiger partial charge in [-0.1, -0.05) is 82.0 Å². The van der Waals surface area contributed by atoms with Crippen LogP contribution < -0.4 is 20.9 Å². The van der Waals surface area contributed by atoms with Gasteiger partial charge in [0.15, 0.2) is 0 Å². The molecule has 4 aromatic rings. The molecule has 2 amide bonds. The lowest BCUT2D eigenvalue weighted by atomic mass is 9.85. The van der Waals surface area contributed by atoms with Gasteiger partial charge in [-0.3, -0.25) is 20.7 Å². The number of carbonyl (C=O) groups is 1. The van der Waals surface area contributed by atoms with E-state index in [4.69, 9.17) is 20.7 Å². The van der Waals surface area contributed by atoms with Crippen molar-refractivity contribution in [2.24, 2.45) is 5.92 Å². The van der Waals surface area contributed by atoms with Gasteiger partial charge in [0.1, 0.15) is 29.0 Å². The summed E-state index contributed by atoms with van der Waals surface area (Å²) in [5, 5.41) is 28.4. The second-order valence-corrected chi connectivity index (χ2v) is 13.7. The number of fused-ring (bicyclic) bond motifs is 1. The number of nitrogens with one attached hydrogen (secondary N) is 4. The molecule has 46 heavy (non-hydrogen) atoms. The summed E-state index contributed by atoms with van der Waals surface area (Å²) in [6.45, 7) is 8.37. The smallest absolute Gasteiger partial charge is 0.320 e. The molecule has 0 aliphatic heterocycles. The van der Waals surface area contributed by atoms with Gasteiger partial charge in [-0.15, -0.1) is 0 Å². The van der Waals surface area contributed by atoms with Crippen LogP contribution in [0.15, 0.2) is 72.9 Å². The number of aryl methyl sites for hydroxylation is 1. The number of anilines is 1. The summed E-state index contributed by atoms with van der Waals surface area (Å²) in [5.74, 6) is 1.91. The number of urea groups is 1. The van der Waals surface area contributed by atoms with E-state index in [1.165, 1.54) is 6.42 Å². The Bertz CT molecular complexity index is 1770. The summed E-state index contributed by atoms with van der Waals surface area (Å²) >= 11 is 0. The minimum absolute atomic E-state index is 0.182. The summed E-state index contributed by atoms with van der Waals surface area (Å²) in [4.78, 5) is 13.5. The fourth-order valence-corrected chi connectivity index (χ4v) is 6.54. The SMILES string of the molecule is Cc1ccc(-n2nc(C(C)(C)C)cc2NC(=O)N[C@H]2CC[C@@H](Oc3ccc(=N)n(C(=N)C4CCCCC4)c3)c3ccccc32)cc1. The maximum atomic E-state index is 13.5. The van der Waals surface area contributed by atoms with Crippen LogP contribution in [0.25, 0.3) is 5.69 Å². The third-order valence-corrected chi connectivity index (χ3v) is 9.19. The lowest BCUT2D eigenvalue weighted by molar-refractivity contribution is 0.171. The Labute approximate surface area is 271 Å². The predicted molar refractivity (Wildman–Crippen MR) is 181 cm³/mol. The molecule has 0 spiro atoms. The summed E-state index contributed by atoms with van der Waals surface area (Å²) in [5.41, 5.74) is 5.09. The molecule has 9 nitrogen and oxygen atoms in total. The van der Waals surface area contributed by atoms with Crippen LogP contribution in [0.4, 0.5) is 10.6 Å². The van der Waals surface area contributed by atoms with Crippen molar-refractivity contribution < 1.29 is 9.53 Å². The molecule has 0 saturated heterocycles. The Kier molecular flexibility index (Phi) is 8.84. The maximum Gasteiger partial charge on any atom is 0.320 e. The predicted octanol–water partition coefficient (Wildman–Crippen LogP) is 7.94. The minimum Gasteiger partial charge on any atom is -0.484 e. The van der Waals surface area contributed by atoms with Crippen molar-refractivity contribution in [1.29, 1.82) is 10.8 Å². The second kappa shape index (κ2) is 13.0. The highest BCUT2D eigenvalue weighted by Crippen LogP contribution is 2.39. The van der Waals surface area contributed by atoms with Crippen molar-refractivity contribution in [2.45, 2.75) is 90.2 Å². The fourth-order valence-electron chi connectivity index (χ4n) is 6.54. The van der Waals surface area contributed by atoms with E-state index in [0.717, 1.165) is 53.8 Å². The lowest BCUT2D eigenvalue weighted by Gasteiger charge is -2.32. The zero-order valence-electron chi connectivity index (χ0n) is 27.3. The molecule has 0 radical (unpaired) electrons. The molecule has 1 fully saturated rings. The number of nitrogens with zero attached hydrogens (tertiary/aromatic N) is 3. The van der Waals surface area contributed by atoms with Crippen LogP contribution in [-0.2, 0) is 5.41 Å². The molecule has 2 aliphatic rings. The van der Waals surface area contributed by atoms with Gasteiger partial charge in [0.05, 0.1) is 23.6 Å². The van der Waals surface area contributed by atoms with E-state index in [1.807, 2.05) is 55.5 Å². The Morgan fingerprint density at radius 2 is 1.65 bits per heavy atom. The Hall–Kier alpha value is -4.66. The van der Waals surface area contributed by atoms with Crippen LogP contribution in [0, 0.1) is 23.7 Å². The molecule has 2 aromatic carbocycles. The molecule has 2 aromatic heterocycles. The first kappa shape index (κ1) is 31.3. The molecule has 4 N–H and O–H groups in total. The fraction of sp³-hybridized carbons (Fsp3) is 0.405.